The van der Waals surface area contributed by atoms with Gasteiger partial charge in [-0.05, 0) is 74.3 Å². The molecule has 0 radical (unpaired) electrons. The van der Waals surface area contributed by atoms with Crippen LogP contribution in [0.1, 0.15) is 85.0 Å². The molecule has 2 aromatic carbocycles. The zero-order chi connectivity index (χ0) is 43.7. The zero-order valence-corrected chi connectivity index (χ0v) is 36.7. The number of nitrogens with zero attached hydrogens (tertiary/aromatic N) is 1. The summed E-state index contributed by atoms with van der Waals surface area (Å²) in [5.41, 5.74) is -0.494. The number of carbonyl (C=O) groups is 4. The van der Waals surface area contributed by atoms with E-state index in [1.165, 1.54) is 30.9 Å². The highest BCUT2D eigenvalue weighted by atomic mass is 35.5. The number of likely N-dealkylation sites (N-methyl/N-ethyl adjacent to an activating group) is 1. The topological polar surface area (TPSA) is 154 Å². The lowest BCUT2D eigenvalue weighted by Crippen LogP contribution is -2.61. The third kappa shape index (κ3) is 12.0. The van der Waals surface area contributed by atoms with Gasteiger partial charge in [-0.2, -0.15) is 0 Å². The summed E-state index contributed by atoms with van der Waals surface area (Å²) in [5, 5.41) is 26.8. The Kier molecular flexibility index (Phi) is 17.2. The normalized spacial score (nSPS) is 20.3. The van der Waals surface area contributed by atoms with Crippen molar-refractivity contribution >= 4 is 46.9 Å². The van der Waals surface area contributed by atoms with Crippen LogP contribution in [0.25, 0.3) is 0 Å². The van der Waals surface area contributed by atoms with Gasteiger partial charge in [0.1, 0.15) is 18.2 Å². The Morgan fingerprint density at radius 2 is 1.67 bits per heavy atom. The van der Waals surface area contributed by atoms with E-state index in [0.717, 1.165) is 5.57 Å². The molecule has 13 heteroatoms. The summed E-state index contributed by atoms with van der Waals surface area (Å²) in [6.07, 6.45) is 5.82. The van der Waals surface area contributed by atoms with Gasteiger partial charge in [0.05, 0.1) is 21.8 Å². The molecule has 2 aromatic rings. The van der Waals surface area contributed by atoms with Crippen molar-refractivity contribution < 1.29 is 38.9 Å². The van der Waals surface area contributed by atoms with Crippen molar-refractivity contribution in [2.45, 2.75) is 110 Å². The maximum absolute atomic E-state index is 14.5. The number of hydrogen-bond acceptors (Lipinski definition) is 8. The van der Waals surface area contributed by atoms with Crippen LogP contribution in [0.5, 0.6) is 5.75 Å². The molecule has 0 bridgehead atoms. The van der Waals surface area contributed by atoms with E-state index in [2.05, 4.69) is 23.8 Å². The van der Waals surface area contributed by atoms with Gasteiger partial charge in [-0.15, -0.1) is 6.58 Å². The number of methoxy groups -OCH3 is 1. The number of amides is 3. The van der Waals surface area contributed by atoms with Crippen molar-refractivity contribution in [3.63, 3.8) is 0 Å². The molecule has 1 aliphatic rings. The Morgan fingerprint density at radius 3 is 2.19 bits per heavy atom. The van der Waals surface area contributed by atoms with Gasteiger partial charge in [0.2, 0.25) is 17.7 Å². The third-order valence-electron chi connectivity index (χ3n) is 11.4. The lowest BCUT2D eigenvalue weighted by molar-refractivity contribution is -0.162. The van der Waals surface area contributed by atoms with Gasteiger partial charge < -0.3 is 35.2 Å². The molecule has 0 saturated heterocycles. The molecule has 0 unspecified atom stereocenters. The second kappa shape index (κ2) is 20.7. The maximum Gasteiger partial charge on any atom is 0.332 e. The fourth-order valence-corrected chi connectivity index (χ4v) is 7.82. The average Bonchev–Trinajstić information content (AvgIpc) is 3.85. The number of ether oxygens (including phenoxy) is 2. The maximum atomic E-state index is 14.5. The van der Waals surface area contributed by atoms with Crippen molar-refractivity contribution in [1.29, 1.82) is 0 Å². The van der Waals surface area contributed by atoms with Crippen LogP contribution in [0, 0.1) is 23.2 Å². The number of allylic oxidation sites excluding steroid dienone is 2. The summed E-state index contributed by atoms with van der Waals surface area (Å²) in [6, 6.07) is 7.91. The number of halogens is 2. The molecule has 3 amide bonds. The third-order valence-corrected chi connectivity index (χ3v) is 11.9. The molecule has 0 heterocycles. The highest BCUT2D eigenvalue weighted by molar-refractivity contribution is 6.37. The van der Waals surface area contributed by atoms with E-state index in [1.807, 2.05) is 46.8 Å². The van der Waals surface area contributed by atoms with Crippen LogP contribution in [-0.2, 0) is 35.1 Å². The van der Waals surface area contributed by atoms with Gasteiger partial charge in [0.25, 0.3) is 0 Å². The molecule has 9 atom stereocenters. The Labute approximate surface area is 353 Å². The molecule has 1 saturated carbocycles. The van der Waals surface area contributed by atoms with Crippen molar-refractivity contribution in [3.8, 4) is 5.75 Å². The van der Waals surface area contributed by atoms with Gasteiger partial charge in [-0.3, -0.25) is 14.4 Å². The molecule has 0 spiro atoms. The van der Waals surface area contributed by atoms with Gasteiger partial charge in [0, 0.05) is 31.9 Å². The highest BCUT2D eigenvalue weighted by Crippen LogP contribution is 2.56. The number of aromatic hydroxyl groups is 1. The highest BCUT2D eigenvalue weighted by Gasteiger charge is 2.58. The van der Waals surface area contributed by atoms with Gasteiger partial charge in [-0.1, -0.05) is 112 Å². The SMILES string of the molecule is C=C/C=C(\C)[C@@H](C[C@@H]1C[C@@]1(C)C(=O)N(C)[C@H](C(=O)N[C@H](Cc1cc(Cl)c(O)c(Cl)c1)C(=O)N[C@H](C(=O)O[C@H](c1ccccc1)[C@H](C)C=C)C(C)(C)O)[C@@H](C)CC)OC. The quantitative estimate of drug-likeness (QED) is 0.0572. The second-order valence-electron chi connectivity index (χ2n) is 16.3. The lowest BCUT2D eigenvalue weighted by Gasteiger charge is -2.35. The Bertz CT molecular complexity index is 1810. The van der Waals surface area contributed by atoms with E-state index in [4.69, 9.17) is 32.7 Å². The number of rotatable bonds is 21. The van der Waals surface area contributed by atoms with Crippen molar-refractivity contribution in [2.24, 2.45) is 23.2 Å². The largest absolute Gasteiger partial charge is 0.505 e. The zero-order valence-electron chi connectivity index (χ0n) is 35.2. The van der Waals surface area contributed by atoms with Crippen LogP contribution in [0.3, 0.4) is 0 Å². The first-order valence-corrected chi connectivity index (χ1v) is 20.4. The first-order chi connectivity index (χ1) is 27.1. The summed E-state index contributed by atoms with van der Waals surface area (Å²) in [6.45, 7) is 19.8. The van der Waals surface area contributed by atoms with E-state index in [1.54, 1.807) is 50.6 Å². The minimum atomic E-state index is -1.82. The minimum Gasteiger partial charge on any atom is -0.505 e. The van der Waals surface area contributed by atoms with Crippen LogP contribution >= 0.6 is 23.2 Å². The first kappa shape index (κ1) is 48.2. The number of benzene rings is 2. The van der Waals surface area contributed by atoms with E-state index in [0.29, 0.717) is 30.4 Å². The summed E-state index contributed by atoms with van der Waals surface area (Å²) >= 11 is 12.5. The predicted octanol–water partition coefficient (Wildman–Crippen LogP) is 7.53. The molecule has 0 aromatic heterocycles. The number of esters is 1. The standard InChI is InChI=1S/C45H61Cl2N3O8/c1-12-18-28(6)35(57-11)24-31-25-45(31,9)43(55)50(10)36(26(4)13-2)41(53)48-34(23-29-21-32(46)37(51)33(47)22-29)40(52)49-39(44(7,8)56)42(54)58-38(27(5)14-3)30-19-16-15-17-20-30/h12,14-22,26-27,31,34-36,38-39,51,56H,1,3,13,23-25H2,2,4-11H3,(H,48,53)(H,49,52)/b28-18+/t26-,27+,31+,34+,35+,36-,38-,39+,45+/m0/s1. The van der Waals surface area contributed by atoms with Crippen LogP contribution < -0.4 is 10.6 Å². The Hall–Kier alpha value is -4.16. The minimum absolute atomic E-state index is 0.0122. The molecule has 3 rings (SSSR count). The fraction of sp³-hybridized carbons (Fsp3) is 0.511. The van der Waals surface area contributed by atoms with E-state index < -0.39 is 53.0 Å². The van der Waals surface area contributed by atoms with Crippen molar-refractivity contribution in [1.82, 2.24) is 15.5 Å². The number of nitrogens with one attached hydrogen (secondary N) is 2. The first-order valence-electron chi connectivity index (χ1n) is 19.6. The molecule has 4 N–H and O–H groups in total. The van der Waals surface area contributed by atoms with Gasteiger partial charge >= 0.3 is 5.97 Å². The van der Waals surface area contributed by atoms with Crippen LogP contribution in [0.4, 0.5) is 0 Å². The molecule has 1 fully saturated rings. The molecule has 11 nitrogen and oxygen atoms in total. The monoisotopic (exact) mass is 841 g/mol. The summed E-state index contributed by atoms with van der Waals surface area (Å²) in [7, 11) is 3.23. The van der Waals surface area contributed by atoms with Gasteiger partial charge in [0.15, 0.2) is 11.8 Å². The summed E-state index contributed by atoms with van der Waals surface area (Å²) < 4.78 is 11.7. The molecular weight excluding hydrogens is 781 g/mol. The van der Waals surface area contributed by atoms with E-state index in [-0.39, 0.29) is 52.0 Å². The average molecular weight is 843 g/mol. The number of carbonyl (C=O) groups excluding carboxylic acids is 4. The number of hydrogen-bond donors (Lipinski definition) is 4. The lowest BCUT2D eigenvalue weighted by atomic mass is 9.93. The van der Waals surface area contributed by atoms with Crippen LogP contribution in [0.15, 0.2) is 79.4 Å². The summed E-state index contributed by atoms with van der Waals surface area (Å²) in [5.74, 6) is -3.55. The molecule has 318 valence electrons. The van der Waals surface area contributed by atoms with E-state index >= 15 is 0 Å². The second-order valence-corrected chi connectivity index (χ2v) is 17.1. The van der Waals surface area contributed by atoms with Gasteiger partial charge in [-0.25, -0.2) is 4.79 Å². The summed E-state index contributed by atoms with van der Waals surface area (Å²) in [4.78, 5) is 58.4. The molecule has 58 heavy (non-hydrogen) atoms. The smallest absolute Gasteiger partial charge is 0.332 e. The molecule has 0 aliphatic heterocycles. The molecular formula is C45H61Cl2N3O8. The Morgan fingerprint density at radius 1 is 1.07 bits per heavy atom. The van der Waals surface area contributed by atoms with Crippen LogP contribution in [-0.4, -0.2) is 82.8 Å². The Balaban J connectivity index is 1.97. The number of aliphatic hydroxyl groups is 1. The fourth-order valence-electron chi connectivity index (χ4n) is 7.29. The predicted molar refractivity (Wildman–Crippen MR) is 228 cm³/mol. The number of phenolic OH excluding ortho intramolecular Hbond substituents is 1. The van der Waals surface area contributed by atoms with E-state index in [9.17, 15) is 29.4 Å². The van der Waals surface area contributed by atoms with Crippen molar-refractivity contribution in [3.05, 3.63) is 101 Å². The van der Waals surface area contributed by atoms with Crippen molar-refractivity contribution in [2.75, 3.05) is 14.2 Å². The molecule has 1 aliphatic carbocycles. The van der Waals surface area contributed by atoms with Crippen LogP contribution in [0.2, 0.25) is 10.0 Å². The number of phenols is 1.